The van der Waals surface area contributed by atoms with Crippen molar-refractivity contribution in [2.45, 2.75) is 37.1 Å². The first-order chi connectivity index (χ1) is 11.8. The lowest BCUT2D eigenvalue weighted by atomic mass is 10.2. The van der Waals surface area contributed by atoms with E-state index in [1.807, 2.05) is 36.4 Å². The van der Waals surface area contributed by atoms with Crippen LogP contribution in [-0.2, 0) is 9.22 Å². The number of alkyl halides is 1. The molecular weight excluding hydrogens is 396 g/mol. The number of hydrogen-bond donors (Lipinski definition) is 1. The summed E-state index contributed by atoms with van der Waals surface area (Å²) in [6.07, 6.45) is 0.430. The first-order valence-electron chi connectivity index (χ1n) is 8.41. The molecule has 5 heteroatoms. The van der Waals surface area contributed by atoms with E-state index in [4.69, 9.17) is 9.53 Å². The maximum Gasteiger partial charge on any atom is 0.317 e. The van der Waals surface area contributed by atoms with Crippen LogP contribution in [0.15, 0.2) is 60.7 Å². The quantitative estimate of drug-likeness (QED) is 0.547. The predicted octanol–water partition coefficient (Wildman–Crippen LogP) is 3.80. The monoisotopic (exact) mass is 420 g/mol. The van der Waals surface area contributed by atoms with Crippen LogP contribution in [0.3, 0.4) is 0 Å². The van der Waals surface area contributed by atoms with E-state index in [2.05, 4.69) is 61.0 Å². The minimum absolute atomic E-state index is 0.0965. The second kappa shape index (κ2) is 8.30. The summed E-state index contributed by atoms with van der Waals surface area (Å²) in [5, 5.41) is 11.4. The third-order valence-electron chi connectivity index (χ3n) is 4.37. The third kappa shape index (κ3) is 4.40. The minimum atomic E-state index is -2.56. The van der Waals surface area contributed by atoms with Crippen molar-refractivity contribution in [1.82, 2.24) is 0 Å². The summed E-state index contributed by atoms with van der Waals surface area (Å²) in [5.41, 5.74) is 0. The molecule has 0 radical (unpaired) electrons. The van der Waals surface area contributed by atoms with Crippen LogP contribution in [0.5, 0.6) is 0 Å². The van der Waals surface area contributed by atoms with Crippen molar-refractivity contribution in [3.05, 3.63) is 60.7 Å². The van der Waals surface area contributed by atoms with Crippen LogP contribution >= 0.6 is 15.9 Å². The highest BCUT2D eigenvalue weighted by Crippen LogP contribution is 2.36. The van der Waals surface area contributed by atoms with Crippen LogP contribution in [0, 0.1) is 0 Å². The van der Waals surface area contributed by atoms with Gasteiger partial charge in [0.1, 0.15) is 4.83 Å². The highest BCUT2D eigenvalue weighted by Gasteiger charge is 2.50. The van der Waals surface area contributed by atoms with Crippen LogP contribution in [0.2, 0.25) is 5.04 Å². The zero-order chi connectivity index (χ0) is 18.5. The summed E-state index contributed by atoms with van der Waals surface area (Å²) in [4.78, 5) is 10.5. The van der Waals surface area contributed by atoms with Gasteiger partial charge in [0.25, 0.3) is 8.32 Å². The second-order valence-corrected chi connectivity index (χ2v) is 12.5. The Kier molecular flexibility index (Phi) is 6.60. The lowest BCUT2D eigenvalue weighted by molar-refractivity contribution is -0.136. The molecule has 2 rings (SSSR count). The Morgan fingerprint density at radius 3 is 1.84 bits per heavy atom. The van der Waals surface area contributed by atoms with Gasteiger partial charge in [-0.05, 0) is 21.8 Å². The molecule has 0 aromatic heterocycles. The van der Waals surface area contributed by atoms with Crippen molar-refractivity contribution in [3.8, 4) is 0 Å². The van der Waals surface area contributed by atoms with E-state index < -0.39 is 19.1 Å². The van der Waals surface area contributed by atoms with Gasteiger partial charge in [0.05, 0.1) is 0 Å². The summed E-state index contributed by atoms with van der Waals surface area (Å²) in [6, 6.07) is 20.7. The van der Waals surface area contributed by atoms with Gasteiger partial charge in [0.2, 0.25) is 0 Å². The minimum Gasteiger partial charge on any atom is -0.480 e. The van der Waals surface area contributed by atoms with Gasteiger partial charge < -0.3 is 9.53 Å². The van der Waals surface area contributed by atoms with Gasteiger partial charge in [-0.25, -0.2) is 0 Å². The normalized spacial score (nSPS) is 13.4. The zero-order valence-corrected chi connectivity index (χ0v) is 17.5. The van der Waals surface area contributed by atoms with E-state index in [1.54, 1.807) is 0 Å². The van der Waals surface area contributed by atoms with Crippen LogP contribution < -0.4 is 10.4 Å². The van der Waals surface area contributed by atoms with Crippen LogP contribution in [0.4, 0.5) is 0 Å². The van der Waals surface area contributed by atoms with Gasteiger partial charge in [-0.3, -0.25) is 4.79 Å². The molecule has 0 aliphatic heterocycles. The fourth-order valence-electron chi connectivity index (χ4n) is 3.20. The Morgan fingerprint density at radius 1 is 1.04 bits per heavy atom. The van der Waals surface area contributed by atoms with Gasteiger partial charge in [0.15, 0.2) is 0 Å². The molecule has 134 valence electrons. The molecule has 3 nitrogen and oxygen atoms in total. The number of hydrogen-bond acceptors (Lipinski definition) is 2. The SMILES string of the molecule is CC(C)(C)[Si](OCCC(Br)C(=O)O)(c1ccccc1)c1ccccc1. The number of carboxylic acid groups (broad SMARTS) is 1. The van der Waals surface area contributed by atoms with E-state index in [9.17, 15) is 4.79 Å². The average Bonchev–Trinajstić information content (AvgIpc) is 2.59. The van der Waals surface area contributed by atoms with Crippen molar-refractivity contribution in [2.75, 3.05) is 6.61 Å². The summed E-state index contributed by atoms with van der Waals surface area (Å²) in [6.45, 7) is 7.03. The molecule has 2 aromatic rings. The second-order valence-electron chi connectivity index (χ2n) is 7.11. The number of carbonyl (C=O) groups is 1. The maximum absolute atomic E-state index is 11.1. The van der Waals surface area contributed by atoms with Crippen molar-refractivity contribution >= 4 is 40.6 Å². The Morgan fingerprint density at radius 2 is 1.48 bits per heavy atom. The van der Waals surface area contributed by atoms with Gasteiger partial charge >= 0.3 is 5.97 Å². The van der Waals surface area contributed by atoms with Gasteiger partial charge in [-0.1, -0.05) is 97.4 Å². The van der Waals surface area contributed by atoms with Crippen LogP contribution in [0.1, 0.15) is 27.2 Å². The van der Waals surface area contributed by atoms with Crippen molar-refractivity contribution < 1.29 is 14.3 Å². The molecule has 0 fully saturated rings. The number of halogens is 1. The molecule has 0 aliphatic carbocycles. The van der Waals surface area contributed by atoms with E-state index >= 15 is 0 Å². The Bertz CT molecular complexity index is 644. The molecule has 0 spiro atoms. The molecule has 0 heterocycles. The molecule has 1 unspecified atom stereocenters. The molecule has 0 saturated heterocycles. The third-order valence-corrected chi connectivity index (χ3v) is 10.3. The van der Waals surface area contributed by atoms with E-state index in [0.717, 1.165) is 0 Å². The predicted molar refractivity (Wildman–Crippen MR) is 109 cm³/mol. The standard InChI is InChI=1S/C20H25BrO3Si/c1-20(2,3)25(16-10-6-4-7-11-16,17-12-8-5-9-13-17)24-15-14-18(21)19(22)23/h4-13,18H,14-15H2,1-3H3,(H,22,23). The van der Waals surface area contributed by atoms with Gasteiger partial charge in [0, 0.05) is 6.61 Å². The Hall–Kier alpha value is -1.43. The molecular formula is C20H25BrO3Si. The van der Waals surface area contributed by atoms with E-state index in [1.165, 1.54) is 10.4 Å². The van der Waals surface area contributed by atoms with Crippen LogP contribution in [-0.4, -0.2) is 30.8 Å². The Labute approximate surface area is 159 Å². The topological polar surface area (TPSA) is 46.5 Å². The van der Waals surface area contributed by atoms with Crippen molar-refractivity contribution in [1.29, 1.82) is 0 Å². The average molecular weight is 421 g/mol. The summed E-state index contributed by atoms with van der Waals surface area (Å²) >= 11 is 3.21. The number of benzene rings is 2. The van der Waals surface area contributed by atoms with E-state index in [0.29, 0.717) is 13.0 Å². The number of rotatable bonds is 7. The fraction of sp³-hybridized carbons (Fsp3) is 0.350. The number of carboxylic acids is 1. The number of aliphatic carboxylic acids is 1. The lowest BCUT2D eigenvalue weighted by Crippen LogP contribution is -2.66. The van der Waals surface area contributed by atoms with Crippen molar-refractivity contribution in [3.63, 3.8) is 0 Å². The van der Waals surface area contributed by atoms with E-state index in [-0.39, 0.29) is 5.04 Å². The molecule has 2 aromatic carbocycles. The summed E-state index contributed by atoms with van der Waals surface area (Å²) in [7, 11) is -2.56. The molecule has 1 atom stereocenters. The summed E-state index contributed by atoms with van der Waals surface area (Å²) < 4.78 is 6.63. The smallest absolute Gasteiger partial charge is 0.317 e. The first kappa shape index (κ1) is 19.9. The zero-order valence-electron chi connectivity index (χ0n) is 14.9. The largest absolute Gasteiger partial charge is 0.480 e. The molecule has 1 N–H and O–H groups in total. The lowest BCUT2D eigenvalue weighted by Gasteiger charge is -2.43. The molecule has 0 bridgehead atoms. The van der Waals surface area contributed by atoms with Crippen molar-refractivity contribution in [2.24, 2.45) is 0 Å². The van der Waals surface area contributed by atoms with Crippen LogP contribution in [0.25, 0.3) is 0 Å². The highest BCUT2D eigenvalue weighted by atomic mass is 79.9. The highest BCUT2D eigenvalue weighted by molar-refractivity contribution is 9.10. The molecule has 0 aliphatic rings. The first-order valence-corrected chi connectivity index (χ1v) is 11.2. The van der Waals surface area contributed by atoms with Gasteiger partial charge in [-0.15, -0.1) is 0 Å². The summed E-state index contributed by atoms with van der Waals surface area (Å²) in [5.74, 6) is -0.856. The van der Waals surface area contributed by atoms with Gasteiger partial charge in [-0.2, -0.15) is 0 Å². The fourth-order valence-corrected chi connectivity index (χ4v) is 7.97. The molecule has 0 saturated carbocycles. The molecule has 25 heavy (non-hydrogen) atoms. The Balaban J connectivity index is 2.47. The maximum atomic E-state index is 11.1. The molecule has 0 amide bonds.